The number of nitrogens with one attached hydrogen (secondary N) is 3. The number of fused-ring (bicyclic) bond motifs is 1. The summed E-state index contributed by atoms with van der Waals surface area (Å²) in [5.74, 6) is 0.537. The van der Waals surface area contributed by atoms with Gasteiger partial charge in [-0.25, -0.2) is 0 Å². The third kappa shape index (κ3) is 5.28. The van der Waals surface area contributed by atoms with Gasteiger partial charge in [-0.05, 0) is 50.5 Å². The van der Waals surface area contributed by atoms with Crippen molar-refractivity contribution in [3.8, 4) is 5.75 Å². The SMILES string of the molecule is CCC1(CC)CC(=O)N(C(c2cccc(C(=O)NC3CC(C)(C)Oc4ccccc43)c2)c2cncs2)C(=N)N1. The molecule has 9 heteroatoms. The summed E-state index contributed by atoms with van der Waals surface area (Å²) in [5, 5.41) is 15.3. The van der Waals surface area contributed by atoms with Gasteiger partial charge in [0.15, 0.2) is 5.96 Å². The van der Waals surface area contributed by atoms with E-state index in [4.69, 9.17) is 10.1 Å². The molecule has 5 rings (SSSR count). The number of aromatic nitrogens is 1. The second-order valence-corrected chi connectivity index (χ2v) is 11.9. The van der Waals surface area contributed by atoms with Crippen molar-refractivity contribution in [2.24, 2.45) is 0 Å². The second-order valence-electron chi connectivity index (χ2n) is 11.0. The number of rotatable bonds is 7. The van der Waals surface area contributed by atoms with Crippen molar-refractivity contribution in [1.29, 1.82) is 5.41 Å². The molecule has 1 saturated heterocycles. The summed E-state index contributed by atoms with van der Waals surface area (Å²) in [6.45, 7) is 8.11. The standard InChI is InChI=1S/C30H35N5O3S/c1-5-30(6-2)16-25(36)35(28(31)34-30)26(24-17-32-18-39-24)19-10-9-11-20(14-19)27(37)33-22-15-29(3,4)38-23-13-8-7-12-21(22)23/h7-14,17-18,22,26H,5-6,15-16H2,1-4H3,(H2,31,34)(H,33,37). The van der Waals surface area contributed by atoms with Crippen LogP contribution in [0.2, 0.25) is 0 Å². The highest BCUT2D eigenvalue weighted by molar-refractivity contribution is 7.09. The van der Waals surface area contributed by atoms with Crippen LogP contribution >= 0.6 is 11.3 Å². The molecule has 3 heterocycles. The number of amides is 2. The monoisotopic (exact) mass is 545 g/mol. The molecule has 1 aromatic heterocycles. The van der Waals surface area contributed by atoms with Crippen molar-refractivity contribution in [2.75, 3.05) is 0 Å². The highest BCUT2D eigenvalue weighted by atomic mass is 32.1. The fourth-order valence-electron chi connectivity index (χ4n) is 5.63. The molecule has 1 fully saturated rings. The Bertz CT molecular complexity index is 1360. The van der Waals surface area contributed by atoms with Crippen LogP contribution in [-0.4, -0.2) is 38.8 Å². The zero-order valence-corrected chi connectivity index (χ0v) is 23.6. The van der Waals surface area contributed by atoms with Crippen molar-refractivity contribution >= 4 is 29.1 Å². The van der Waals surface area contributed by atoms with E-state index in [-0.39, 0.29) is 23.8 Å². The van der Waals surface area contributed by atoms with Gasteiger partial charge < -0.3 is 15.4 Å². The average Bonchev–Trinajstić information content (AvgIpc) is 3.44. The molecule has 0 aliphatic carbocycles. The average molecular weight is 546 g/mol. The first-order valence-electron chi connectivity index (χ1n) is 13.4. The number of ether oxygens (including phenoxy) is 1. The Balaban J connectivity index is 1.45. The quantitative estimate of drug-likeness (QED) is 0.359. The van der Waals surface area contributed by atoms with Crippen molar-refractivity contribution in [3.63, 3.8) is 0 Å². The summed E-state index contributed by atoms with van der Waals surface area (Å²) in [6.07, 6.45) is 4.17. The number of hydrogen-bond donors (Lipinski definition) is 3. The van der Waals surface area contributed by atoms with E-state index >= 15 is 0 Å². The molecule has 2 aromatic carbocycles. The van der Waals surface area contributed by atoms with E-state index in [1.165, 1.54) is 16.2 Å². The first-order chi connectivity index (χ1) is 18.6. The largest absolute Gasteiger partial charge is 0.487 e. The van der Waals surface area contributed by atoms with Gasteiger partial charge in [-0.3, -0.25) is 24.9 Å². The molecule has 0 bridgehead atoms. The summed E-state index contributed by atoms with van der Waals surface area (Å²) in [6, 6.07) is 14.4. The van der Waals surface area contributed by atoms with E-state index < -0.39 is 17.2 Å². The first-order valence-corrected chi connectivity index (χ1v) is 14.3. The molecular weight excluding hydrogens is 510 g/mol. The van der Waals surface area contributed by atoms with E-state index in [0.29, 0.717) is 18.4 Å². The number of benzene rings is 2. The van der Waals surface area contributed by atoms with E-state index in [9.17, 15) is 9.59 Å². The van der Waals surface area contributed by atoms with Crippen LogP contribution in [0.3, 0.4) is 0 Å². The van der Waals surface area contributed by atoms with Crippen LogP contribution in [0.4, 0.5) is 0 Å². The Labute approximate surface area is 233 Å². The van der Waals surface area contributed by atoms with E-state index in [1.54, 1.807) is 17.8 Å². The summed E-state index contributed by atoms with van der Waals surface area (Å²) >= 11 is 1.43. The third-order valence-electron chi connectivity index (χ3n) is 7.86. The Morgan fingerprint density at radius 2 is 2.00 bits per heavy atom. The highest BCUT2D eigenvalue weighted by Crippen LogP contribution is 2.40. The molecule has 3 aromatic rings. The van der Waals surface area contributed by atoms with Crippen molar-refractivity contribution < 1.29 is 14.3 Å². The molecule has 3 N–H and O–H groups in total. The van der Waals surface area contributed by atoms with Gasteiger partial charge in [-0.15, -0.1) is 11.3 Å². The zero-order chi connectivity index (χ0) is 27.8. The normalized spacial score (nSPS) is 20.4. The van der Waals surface area contributed by atoms with E-state index in [2.05, 4.69) is 15.6 Å². The number of thiazole rings is 1. The molecule has 0 radical (unpaired) electrons. The lowest BCUT2D eigenvalue weighted by Gasteiger charge is -2.44. The van der Waals surface area contributed by atoms with Crippen LogP contribution in [0.1, 0.15) is 91.8 Å². The summed E-state index contributed by atoms with van der Waals surface area (Å²) in [7, 11) is 0. The van der Waals surface area contributed by atoms with Gasteiger partial charge in [0, 0.05) is 29.3 Å². The Kier molecular flexibility index (Phi) is 7.20. The minimum Gasteiger partial charge on any atom is -0.487 e. The molecule has 2 aliphatic rings. The number of nitrogens with zero attached hydrogens (tertiary/aromatic N) is 2. The maximum absolute atomic E-state index is 13.6. The van der Waals surface area contributed by atoms with Crippen LogP contribution in [0.15, 0.2) is 60.2 Å². The highest BCUT2D eigenvalue weighted by Gasteiger charge is 2.43. The van der Waals surface area contributed by atoms with Gasteiger partial charge in [0.2, 0.25) is 5.91 Å². The van der Waals surface area contributed by atoms with Crippen LogP contribution in [0, 0.1) is 5.41 Å². The smallest absolute Gasteiger partial charge is 0.251 e. The minimum atomic E-state index is -0.563. The molecule has 8 nitrogen and oxygen atoms in total. The number of hydrogen-bond acceptors (Lipinski definition) is 6. The Hall–Kier alpha value is -3.72. The van der Waals surface area contributed by atoms with Crippen LogP contribution in [-0.2, 0) is 4.79 Å². The van der Waals surface area contributed by atoms with Gasteiger partial charge >= 0.3 is 0 Å². The third-order valence-corrected chi connectivity index (χ3v) is 8.69. The first kappa shape index (κ1) is 26.9. The van der Waals surface area contributed by atoms with Crippen LogP contribution < -0.4 is 15.4 Å². The number of carbonyl (C=O) groups excluding carboxylic acids is 2. The molecule has 2 unspecified atom stereocenters. The lowest BCUT2D eigenvalue weighted by Crippen LogP contribution is -2.62. The van der Waals surface area contributed by atoms with Crippen LogP contribution in [0.5, 0.6) is 5.75 Å². The minimum absolute atomic E-state index is 0.0734. The number of guanidine groups is 1. The van der Waals surface area contributed by atoms with Gasteiger partial charge in [0.1, 0.15) is 17.4 Å². The molecule has 2 amide bonds. The molecule has 0 spiro atoms. The van der Waals surface area contributed by atoms with Crippen molar-refractivity contribution in [2.45, 2.75) is 76.6 Å². The predicted molar refractivity (Wildman–Crippen MR) is 152 cm³/mol. The topological polar surface area (TPSA) is 107 Å². The van der Waals surface area contributed by atoms with Gasteiger partial charge in [-0.2, -0.15) is 0 Å². The summed E-state index contributed by atoms with van der Waals surface area (Å²) in [4.78, 5) is 33.7. The summed E-state index contributed by atoms with van der Waals surface area (Å²) < 4.78 is 6.13. The van der Waals surface area contributed by atoms with E-state index in [0.717, 1.165) is 34.6 Å². The molecular formula is C30H35N5O3S. The number of para-hydroxylation sites is 1. The summed E-state index contributed by atoms with van der Waals surface area (Å²) in [5.41, 5.74) is 3.08. The fourth-order valence-corrected chi connectivity index (χ4v) is 6.36. The zero-order valence-electron chi connectivity index (χ0n) is 22.8. The van der Waals surface area contributed by atoms with Gasteiger partial charge in [0.25, 0.3) is 5.91 Å². The lowest BCUT2D eigenvalue weighted by atomic mass is 9.86. The van der Waals surface area contributed by atoms with Crippen molar-refractivity contribution in [3.05, 3.63) is 81.8 Å². The van der Waals surface area contributed by atoms with Crippen molar-refractivity contribution in [1.82, 2.24) is 20.5 Å². The lowest BCUT2D eigenvalue weighted by molar-refractivity contribution is -0.132. The van der Waals surface area contributed by atoms with Gasteiger partial charge in [-0.1, -0.05) is 44.2 Å². The Morgan fingerprint density at radius 3 is 2.69 bits per heavy atom. The molecule has 2 atom stereocenters. The number of carbonyl (C=O) groups is 2. The van der Waals surface area contributed by atoms with E-state index in [1.807, 2.05) is 70.2 Å². The maximum atomic E-state index is 13.6. The maximum Gasteiger partial charge on any atom is 0.251 e. The predicted octanol–water partition coefficient (Wildman–Crippen LogP) is 5.58. The van der Waals surface area contributed by atoms with Crippen LogP contribution in [0.25, 0.3) is 0 Å². The molecule has 2 aliphatic heterocycles. The fraction of sp³-hybridized carbons (Fsp3) is 0.400. The molecule has 0 saturated carbocycles. The van der Waals surface area contributed by atoms with Gasteiger partial charge in [0.05, 0.1) is 22.9 Å². The Morgan fingerprint density at radius 1 is 1.23 bits per heavy atom. The second kappa shape index (κ2) is 10.4. The molecule has 39 heavy (non-hydrogen) atoms. The molecule has 204 valence electrons.